The van der Waals surface area contributed by atoms with Gasteiger partial charge in [-0.05, 0) is 31.0 Å². The zero-order valence-electron chi connectivity index (χ0n) is 12.3. The van der Waals surface area contributed by atoms with Gasteiger partial charge in [-0.15, -0.1) is 0 Å². The molecule has 21 heavy (non-hydrogen) atoms. The van der Waals surface area contributed by atoms with Gasteiger partial charge in [-0.25, -0.2) is 0 Å². The Morgan fingerprint density at radius 1 is 1.14 bits per heavy atom. The molecular weight excluding hydrogens is 262 g/mol. The van der Waals surface area contributed by atoms with Crippen molar-refractivity contribution in [2.75, 3.05) is 24.2 Å². The van der Waals surface area contributed by atoms with E-state index in [9.17, 15) is 5.11 Å². The predicted octanol–water partition coefficient (Wildman–Crippen LogP) is 3.17. The van der Waals surface area contributed by atoms with E-state index in [1.807, 2.05) is 24.4 Å². The molecule has 1 aliphatic rings. The molecule has 1 aromatic carbocycles. The van der Waals surface area contributed by atoms with Crippen molar-refractivity contribution in [3.05, 3.63) is 30.6 Å². The van der Waals surface area contributed by atoms with Gasteiger partial charge in [-0.2, -0.15) is 0 Å². The molecule has 0 aliphatic heterocycles. The highest BCUT2D eigenvalue weighted by molar-refractivity contribution is 6.00. The molecule has 0 spiro atoms. The molecule has 2 aromatic rings. The van der Waals surface area contributed by atoms with E-state index in [0.29, 0.717) is 0 Å². The summed E-state index contributed by atoms with van der Waals surface area (Å²) in [6, 6.07) is 5.88. The summed E-state index contributed by atoms with van der Waals surface area (Å²) in [5.74, 6) is 0. The molecule has 0 saturated heterocycles. The summed E-state index contributed by atoms with van der Waals surface area (Å²) in [6.07, 6.45) is 9.53. The summed E-state index contributed by atoms with van der Waals surface area (Å²) in [4.78, 5) is 4.20. The molecule has 4 nitrogen and oxygen atoms in total. The first-order valence-electron chi connectivity index (χ1n) is 7.71. The normalized spacial score (nSPS) is 17.8. The molecule has 1 aromatic heterocycles. The van der Waals surface area contributed by atoms with E-state index in [1.54, 1.807) is 6.20 Å². The highest BCUT2D eigenvalue weighted by Crippen LogP contribution is 2.37. The Hall–Kier alpha value is -1.81. The van der Waals surface area contributed by atoms with Crippen molar-refractivity contribution in [3.8, 4) is 0 Å². The highest BCUT2D eigenvalue weighted by Gasteiger charge is 2.31. The number of aliphatic hydroxyl groups excluding tert-OH is 1. The standard InChI is InChI=1S/C17H23N3O/c18-15-4-5-16(14-10-19-9-6-13(14)15)20-11-17(12-21)7-2-1-3-8-17/h4-6,9-10,20-21H,1-3,7-8,11-12,18H2. The van der Waals surface area contributed by atoms with Crippen LogP contribution in [0, 0.1) is 5.41 Å². The Morgan fingerprint density at radius 2 is 1.95 bits per heavy atom. The van der Waals surface area contributed by atoms with Crippen molar-refractivity contribution in [3.63, 3.8) is 0 Å². The van der Waals surface area contributed by atoms with Gasteiger partial charge in [0, 0.05) is 46.5 Å². The van der Waals surface area contributed by atoms with Gasteiger partial charge in [0.15, 0.2) is 0 Å². The van der Waals surface area contributed by atoms with Crippen molar-refractivity contribution >= 4 is 22.1 Å². The van der Waals surface area contributed by atoms with E-state index in [2.05, 4.69) is 10.3 Å². The molecule has 4 heteroatoms. The van der Waals surface area contributed by atoms with Gasteiger partial charge < -0.3 is 16.2 Å². The summed E-state index contributed by atoms with van der Waals surface area (Å²) >= 11 is 0. The molecule has 1 fully saturated rings. The number of aliphatic hydroxyl groups is 1. The number of aromatic nitrogens is 1. The zero-order valence-corrected chi connectivity index (χ0v) is 12.3. The summed E-state index contributed by atoms with van der Waals surface area (Å²) in [7, 11) is 0. The minimum absolute atomic E-state index is 0.0220. The molecule has 0 unspecified atom stereocenters. The monoisotopic (exact) mass is 285 g/mol. The largest absolute Gasteiger partial charge is 0.398 e. The number of nitrogen functional groups attached to an aromatic ring is 1. The van der Waals surface area contributed by atoms with E-state index in [1.165, 1.54) is 19.3 Å². The van der Waals surface area contributed by atoms with Crippen LogP contribution in [0.4, 0.5) is 11.4 Å². The molecular formula is C17H23N3O. The lowest BCUT2D eigenvalue weighted by Gasteiger charge is -2.36. The van der Waals surface area contributed by atoms with Gasteiger partial charge in [-0.3, -0.25) is 4.98 Å². The SMILES string of the molecule is Nc1ccc(NCC2(CO)CCCCC2)c2cnccc12. The fourth-order valence-corrected chi connectivity index (χ4v) is 3.34. The topological polar surface area (TPSA) is 71.2 Å². The number of nitrogens with two attached hydrogens (primary N) is 1. The van der Waals surface area contributed by atoms with Crippen LogP contribution in [-0.4, -0.2) is 23.2 Å². The number of anilines is 2. The number of hydrogen-bond acceptors (Lipinski definition) is 4. The van der Waals surface area contributed by atoms with Gasteiger partial charge in [0.2, 0.25) is 0 Å². The minimum Gasteiger partial charge on any atom is -0.398 e. The summed E-state index contributed by atoms with van der Waals surface area (Å²) in [6.45, 7) is 1.06. The predicted molar refractivity (Wildman–Crippen MR) is 87.2 cm³/mol. The zero-order chi connectivity index (χ0) is 14.7. The maximum Gasteiger partial charge on any atom is 0.0504 e. The van der Waals surface area contributed by atoms with Crippen molar-refractivity contribution < 1.29 is 5.11 Å². The molecule has 3 rings (SSSR count). The van der Waals surface area contributed by atoms with E-state index in [-0.39, 0.29) is 12.0 Å². The number of hydrogen-bond donors (Lipinski definition) is 3. The Kier molecular flexibility index (Phi) is 3.97. The van der Waals surface area contributed by atoms with Crippen LogP contribution in [-0.2, 0) is 0 Å². The number of benzene rings is 1. The van der Waals surface area contributed by atoms with Gasteiger partial charge in [0.05, 0.1) is 6.61 Å². The fourth-order valence-electron chi connectivity index (χ4n) is 3.34. The van der Waals surface area contributed by atoms with E-state index >= 15 is 0 Å². The van der Waals surface area contributed by atoms with Crippen molar-refractivity contribution in [2.24, 2.45) is 5.41 Å². The van der Waals surface area contributed by atoms with E-state index in [0.717, 1.165) is 41.5 Å². The molecule has 0 radical (unpaired) electrons. The third-order valence-corrected chi connectivity index (χ3v) is 4.76. The highest BCUT2D eigenvalue weighted by atomic mass is 16.3. The molecule has 1 saturated carbocycles. The Labute approximate surface area is 125 Å². The second-order valence-corrected chi connectivity index (χ2v) is 6.20. The Bertz CT molecular complexity index is 620. The van der Waals surface area contributed by atoms with E-state index < -0.39 is 0 Å². The van der Waals surface area contributed by atoms with E-state index in [4.69, 9.17) is 5.73 Å². The average molecular weight is 285 g/mol. The van der Waals surface area contributed by atoms with Crippen LogP contribution in [0.15, 0.2) is 30.6 Å². The third kappa shape index (κ3) is 2.81. The first-order chi connectivity index (χ1) is 10.2. The number of pyridine rings is 1. The second kappa shape index (κ2) is 5.90. The first kappa shape index (κ1) is 14.1. The Morgan fingerprint density at radius 3 is 2.71 bits per heavy atom. The average Bonchev–Trinajstić information content (AvgIpc) is 2.55. The smallest absolute Gasteiger partial charge is 0.0504 e. The van der Waals surface area contributed by atoms with Gasteiger partial charge in [0.1, 0.15) is 0 Å². The van der Waals surface area contributed by atoms with Crippen LogP contribution in [0.3, 0.4) is 0 Å². The number of nitrogens with zero attached hydrogens (tertiary/aromatic N) is 1. The maximum atomic E-state index is 9.80. The van der Waals surface area contributed by atoms with Crippen LogP contribution in [0.2, 0.25) is 0 Å². The number of fused-ring (bicyclic) bond motifs is 1. The van der Waals surface area contributed by atoms with Crippen LogP contribution >= 0.6 is 0 Å². The van der Waals surface area contributed by atoms with Crippen LogP contribution < -0.4 is 11.1 Å². The van der Waals surface area contributed by atoms with Gasteiger partial charge >= 0.3 is 0 Å². The number of nitrogens with one attached hydrogen (secondary N) is 1. The quantitative estimate of drug-likeness (QED) is 0.755. The van der Waals surface area contributed by atoms with Crippen molar-refractivity contribution in [2.45, 2.75) is 32.1 Å². The second-order valence-electron chi connectivity index (χ2n) is 6.20. The fraction of sp³-hybridized carbons (Fsp3) is 0.471. The molecule has 112 valence electrons. The van der Waals surface area contributed by atoms with Gasteiger partial charge in [0.25, 0.3) is 0 Å². The Balaban J connectivity index is 1.83. The lowest BCUT2D eigenvalue weighted by atomic mass is 9.74. The molecule has 0 amide bonds. The molecule has 0 atom stereocenters. The summed E-state index contributed by atoms with van der Waals surface area (Å²) < 4.78 is 0. The van der Waals surface area contributed by atoms with Crippen molar-refractivity contribution in [1.82, 2.24) is 4.98 Å². The lowest BCUT2D eigenvalue weighted by molar-refractivity contribution is 0.0944. The van der Waals surface area contributed by atoms with Crippen LogP contribution in [0.1, 0.15) is 32.1 Å². The molecule has 1 heterocycles. The lowest BCUT2D eigenvalue weighted by Crippen LogP contribution is -2.35. The summed E-state index contributed by atoms with van der Waals surface area (Å²) in [5.41, 5.74) is 7.86. The third-order valence-electron chi connectivity index (χ3n) is 4.76. The summed E-state index contributed by atoms with van der Waals surface area (Å²) in [5, 5.41) is 15.4. The van der Waals surface area contributed by atoms with Crippen LogP contribution in [0.25, 0.3) is 10.8 Å². The molecule has 0 bridgehead atoms. The molecule has 1 aliphatic carbocycles. The van der Waals surface area contributed by atoms with Gasteiger partial charge in [-0.1, -0.05) is 19.3 Å². The van der Waals surface area contributed by atoms with Crippen LogP contribution in [0.5, 0.6) is 0 Å². The number of rotatable bonds is 4. The molecule has 4 N–H and O–H groups in total. The van der Waals surface area contributed by atoms with Crippen molar-refractivity contribution in [1.29, 1.82) is 0 Å². The maximum absolute atomic E-state index is 9.80. The first-order valence-corrected chi connectivity index (χ1v) is 7.71. The minimum atomic E-state index is 0.0220.